The van der Waals surface area contributed by atoms with Crippen LogP contribution in [0.5, 0.6) is 11.5 Å². The number of aryl methyl sites for hydroxylation is 1. The van der Waals surface area contributed by atoms with Gasteiger partial charge in [0.15, 0.2) is 0 Å². The highest BCUT2D eigenvalue weighted by atomic mass is 16.3. The number of phenols is 2. The van der Waals surface area contributed by atoms with Gasteiger partial charge in [0, 0.05) is 41.0 Å². The van der Waals surface area contributed by atoms with Crippen LogP contribution < -0.4 is 17.2 Å². The molecule has 5 heteroatoms. The van der Waals surface area contributed by atoms with Crippen LogP contribution in [0.1, 0.15) is 22.3 Å². The Morgan fingerprint density at radius 2 is 1.35 bits per heavy atom. The number of benzene rings is 2. The molecule has 0 fully saturated rings. The molecule has 0 aliphatic rings. The first-order valence-corrected chi connectivity index (χ1v) is 6.30. The third kappa shape index (κ3) is 2.62. The first-order chi connectivity index (χ1) is 9.42. The summed E-state index contributed by atoms with van der Waals surface area (Å²) < 4.78 is 0. The second kappa shape index (κ2) is 5.30. The number of nitrogen functional groups attached to an aromatic ring is 2. The second-order valence-corrected chi connectivity index (χ2v) is 4.91. The van der Waals surface area contributed by atoms with E-state index in [1.54, 1.807) is 31.2 Å². The van der Waals surface area contributed by atoms with Crippen molar-refractivity contribution in [3.05, 3.63) is 46.5 Å². The van der Waals surface area contributed by atoms with Crippen LogP contribution in [0.25, 0.3) is 0 Å². The third-order valence-electron chi connectivity index (χ3n) is 3.29. The first kappa shape index (κ1) is 14.0. The molecule has 106 valence electrons. The Hall–Kier alpha value is -2.40. The average Bonchev–Trinajstić information content (AvgIpc) is 2.39. The van der Waals surface area contributed by atoms with Crippen molar-refractivity contribution < 1.29 is 10.2 Å². The Bertz CT molecular complexity index is 654. The predicted molar refractivity (Wildman–Crippen MR) is 80.5 cm³/mol. The highest BCUT2D eigenvalue weighted by molar-refractivity contribution is 5.57. The lowest BCUT2D eigenvalue weighted by atomic mass is 9.98. The van der Waals surface area contributed by atoms with Gasteiger partial charge in [-0.25, -0.2) is 0 Å². The zero-order valence-electron chi connectivity index (χ0n) is 11.4. The predicted octanol–water partition coefficient (Wildman–Crippen LogP) is 1.62. The highest BCUT2D eigenvalue weighted by Crippen LogP contribution is 2.32. The molecule has 2 aromatic carbocycles. The van der Waals surface area contributed by atoms with Gasteiger partial charge in [-0.15, -0.1) is 0 Å². The van der Waals surface area contributed by atoms with Gasteiger partial charge in [0.25, 0.3) is 0 Å². The zero-order chi connectivity index (χ0) is 14.9. The highest BCUT2D eigenvalue weighted by Gasteiger charge is 2.12. The minimum absolute atomic E-state index is 0.112. The first-order valence-electron chi connectivity index (χ1n) is 6.30. The summed E-state index contributed by atoms with van der Waals surface area (Å²) in [6.07, 6.45) is 0.335. The van der Waals surface area contributed by atoms with Crippen molar-refractivity contribution in [3.63, 3.8) is 0 Å². The van der Waals surface area contributed by atoms with E-state index in [-0.39, 0.29) is 18.0 Å². The van der Waals surface area contributed by atoms with E-state index in [0.29, 0.717) is 40.0 Å². The number of phenolic OH excluding ortho intramolecular Hbond substituents is 2. The third-order valence-corrected chi connectivity index (χ3v) is 3.29. The summed E-state index contributed by atoms with van der Waals surface area (Å²) in [5, 5.41) is 20.2. The van der Waals surface area contributed by atoms with Gasteiger partial charge >= 0.3 is 0 Å². The fourth-order valence-corrected chi connectivity index (χ4v) is 2.30. The standard InChI is InChI=1S/C15H19N3O2/c1-8-2-12(17)4-9(14(8)19)3-10-5-13(18)6-11(7-16)15(10)20/h2,4-6,19-20H,3,7,16-18H2,1H3. The van der Waals surface area contributed by atoms with Crippen LogP contribution in [0.2, 0.25) is 0 Å². The zero-order valence-corrected chi connectivity index (χ0v) is 11.4. The summed E-state index contributed by atoms with van der Waals surface area (Å²) in [6.45, 7) is 1.98. The van der Waals surface area contributed by atoms with Crippen molar-refractivity contribution in [1.29, 1.82) is 0 Å². The Labute approximate surface area is 117 Å². The molecule has 0 unspecified atom stereocenters. The van der Waals surface area contributed by atoms with E-state index in [2.05, 4.69) is 0 Å². The largest absolute Gasteiger partial charge is 0.507 e. The minimum atomic E-state index is 0.112. The Morgan fingerprint density at radius 3 is 1.95 bits per heavy atom. The van der Waals surface area contributed by atoms with Crippen LogP contribution in [0, 0.1) is 6.92 Å². The molecule has 0 aliphatic carbocycles. The lowest BCUT2D eigenvalue weighted by Gasteiger charge is -2.13. The van der Waals surface area contributed by atoms with Gasteiger partial charge in [-0.05, 0) is 36.8 Å². The smallest absolute Gasteiger partial charge is 0.123 e. The minimum Gasteiger partial charge on any atom is -0.507 e. The molecule has 20 heavy (non-hydrogen) atoms. The number of aromatic hydroxyl groups is 2. The molecule has 0 radical (unpaired) electrons. The summed E-state index contributed by atoms with van der Waals surface area (Å²) in [6, 6.07) is 6.70. The van der Waals surface area contributed by atoms with E-state index < -0.39 is 0 Å². The van der Waals surface area contributed by atoms with Crippen molar-refractivity contribution in [2.24, 2.45) is 5.73 Å². The summed E-state index contributed by atoms with van der Waals surface area (Å²) in [4.78, 5) is 0. The SMILES string of the molecule is Cc1cc(N)cc(Cc2cc(N)cc(CN)c2O)c1O. The van der Waals surface area contributed by atoms with Crippen molar-refractivity contribution in [2.45, 2.75) is 19.9 Å². The fraction of sp³-hybridized carbons (Fsp3) is 0.200. The van der Waals surface area contributed by atoms with Crippen LogP contribution in [-0.4, -0.2) is 10.2 Å². The molecule has 0 spiro atoms. The lowest BCUT2D eigenvalue weighted by molar-refractivity contribution is 0.457. The number of hydrogen-bond donors (Lipinski definition) is 5. The second-order valence-electron chi connectivity index (χ2n) is 4.91. The molecule has 0 aliphatic heterocycles. The van der Waals surface area contributed by atoms with Gasteiger partial charge in [-0.1, -0.05) is 0 Å². The Morgan fingerprint density at radius 1 is 0.850 bits per heavy atom. The maximum Gasteiger partial charge on any atom is 0.123 e. The number of rotatable bonds is 3. The molecule has 0 aromatic heterocycles. The van der Waals surface area contributed by atoms with E-state index in [4.69, 9.17) is 17.2 Å². The summed E-state index contributed by atoms with van der Waals surface area (Å²) in [5.41, 5.74) is 20.8. The van der Waals surface area contributed by atoms with E-state index >= 15 is 0 Å². The van der Waals surface area contributed by atoms with Crippen molar-refractivity contribution in [1.82, 2.24) is 0 Å². The van der Waals surface area contributed by atoms with E-state index in [1.807, 2.05) is 0 Å². The molecule has 0 atom stereocenters. The van der Waals surface area contributed by atoms with Gasteiger partial charge in [0.1, 0.15) is 11.5 Å². The molecule has 2 rings (SSSR count). The molecular weight excluding hydrogens is 254 g/mol. The number of anilines is 2. The number of nitrogens with two attached hydrogens (primary N) is 3. The van der Waals surface area contributed by atoms with Crippen LogP contribution in [0.3, 0.4) is 0 Å². The van der Waals surface area contributed by atoms with Gasteiger partial charge in [-0.3, -0.25) is 0 Å². The lowest BCUT2D eigenvalue weighted by Crippen LogP contribution is -2.02. The van der Waals surface area contributed by atoms with Gasteiger partial charge in [-0.2, -0.15) is 0 Å². The van der Waals surface area contributed by atoms with Crippen molar-refractivity contribution in [3.8, 4) is 11.5 Å². The Kier molecular flexibility index (Phi) is 3.72. The maximum absolute atomic E-state index is 10.2. The van der Waals surface area contributed by atoms with E-state index in [9.17, 15) is 10.2 Å². The summed E-state index contributed by atoms with van der Waals surface area (Å²) in [5.74, 6) is 0.288. The monoisotopic (exact) mass is 273 g/mol. The quantitative estimate of drug-likeness (QED) is 0.430. The Balaban J connectivity index is 2.47. The molecule has 8 N–H and O–H groups in total. The van der Waals surface area contributed by atoms with Crippen LogP contribution in [0.15, 0.2) is 24.3 Å². The normalized spacial score (nSPS) is 10.7. The number of hydrogen-bond acceptors (Lipinski definition) is 5. The van der Waals surface area contributed by atoms with Crippen molar-refractivity contribution in [2.75, 3.05) is 11.5 Å². The molecule has 0 bridgehead atoms. The molecule has 0 amide bonds. The van der Waals surface area contributed by atoms with Crippen LogP contribution in [0.4, 0.5) is 11.4 Å². The topological polar surface area (TPSA) is 119 Å². The average molecular weight is 273 g/mol. The molecular formula is C15H19N3O2. The van der Waals surface area contributed by atoms with Crippen LogP contribution >= 0.6 is 0 Å². The fourth-order valence-electron chi connectivity index (χ4n) is 2.30. The van der Waals surface area contributed by atoms with E-state index in [1.165, 1.54) is 0 Å². The summed E-state index contributed by atoms with van der Waals surface area (Å²) in [7, 11) is 0. The molecule has 2 aromatic rings. The molecule has 5 nitrogen and oxygen atoms in total. The summed E-state index contributed by atoms with van der Waals surface area (Å²) >= 11 is 0. The van der Waals surface area contributed by atoms with Gasteiger partial charge in [0.2, 0.25) is 0 Å². The molecule has 0 saturated heterocycles. The molecule has 0 saturated carbocycles. The van der Waals surface area contributed by atoms with Gasteiger partial charge < -0.3 is 27.4 Å². The maximum atomic E-state index is 10.2. The van der Waals surface area contributed by atoms with Crippen molar-refractivity contribution >= 4 is 11.4 Å². The van der Waals surface area contributed by atoms with Gasteiger partial charge in [0.05, 0.1) is 0 Å². The van der Waals surface area contributed by atoms with E-state index in [0.717, 1.165) is 0 Å². The molecule has 0 heterocycles. The van der Waals surface area contributed by atoms with Crippen LogP contribution in [-0.2, 0) is 13.0 Å².